The van der Waals surface area contributed by atoms with Crippen LogP contribution in [0.3, 0.4) is 0 Å². The lowest BCUT2D eigenvalue weighted by molar-refractivity contribution is -0.131. The minimum absolute atomic E-state index is 0.0496. The van der Waals surface area contributed by atoms with E-state index in [1.165, 1.54) is 12.8 Å². The Bertz CT molecular complexity index is 752. The molecular formula is C21H28N4O3. The molecule has 1 fully saturated rings. The maximum atomic E-state index is 12.2. The van der Waals surface area contributed by atoms with Crippen LogP contribution in [0, 0.1) is 0 Å². The second kappa shape index (κ2) is 10.6. The van der Waals surface area contributed by atoms with E-state index in [1.54, 1.807) is 0 Å². The van der Waals surface area contributed by atoms with Gasteiger partial charge in [-0.25, -0.2) is 0 Å². The zero-order valence-electron chi connectivity index (χ0n) is 16.2. The Balaban J connectivity index is 1.31. The Morgan fingerprint density at radius 2 is 1.75 bits per heavy atom. The summed E-state index contributed by atoms with van der Waals surface area (Å²) in [5, 5.41) is 10.9. The van der Waals surface area contributed by atoms with Crippen molar-refractivity contribution in [3.05, 3.63) is 36.2 Å². The van der Waals surface area contributed by atoms with Gasteiger partial charge < -0.3 is 14.6 Å². The van der Waals surface area contributed by atoms with E-state index in [-0.39, 0.29) is 11.8 Å². The van der Waals surface area contributed by atoms with E-state index >= 15 is 0 Å². The van der Waals surface area contributed by atoms with Crippen LogP contribution < -0.4 is 5.32 Å². The molecule has 0 spiro atoms. The molecule has 28 heavy (non-hydrogen) atoms. The predicted molar refractivity (Wildman–Crippen MR) is 105 cm³/mol. The number of carbonyl (C=O) groups excluding carboxylic acids is 2. The van der Waals surface area contributed by atoms with Crippen molar-refractivity contribution >= 4 is 11.8 Å². The van der Waals surface area contributed by atoms with Crippen LogP contribution in [-0.4, -0.2) is 46.5 Å². The lowest BCUT2D eigenvalue weighted by Gasteiger charge is -2.20. The third kappa shape index (κ3) is 6.18. The number of nitrogens with zero attached hydrogens (tertiary/aromatic N) is 3. The molecule has 2 heterocycles. The summed E-state index contributed by atoms with van der Waals surface area (Å²) in [6.07, 6.45) is 6.50. The number of rotatable bonds is 8. The lowest BCUT2D eigenvalue weighted by Crippen LogP contribution is -2.35. The number of benzene rings is 1. The molecule has 150 valence electrons. The maximum Gasteiger partial charge on any atom is 0.247 e. The first-order valence-electron chi connectivity index (χ1n) is 10.1. The van der Waals surface area contributed by atoms with Crippen molar-refractivity contribution in [2.24, 2.45) is 0 Å². The number of aromatic nitrogens is 2. The van der Waals surface area contributed by atoms with Crippen molar-refractivity contribution < 1.29 is 14.0 Å². The lowest BCUT2D eigenvalue weighted by atomic mass is 10.2. The highest BCUT2D eigenvalue weighted by Crippen LogP contribution is 2.17. The average molecular weight is 384 g/mol. The van der Waals surface area contributed by atoms with Crippen LogP contribution >= 0.6 is 0 Å². The van der Waals surface area contributed by atoms with Crippen LogP contribution in [0.2, 0.25) is 0 Å². The van der Waals surface area contributed by atoms with Crippen LogP contribution in [0.5, 0.6) is 0 Å². The zero-order chi connectivity index (χ0) is 19.6. The van der Waals surface area contributed by atoms with Crippen LogP contribution in [0.25, 0.3) is 11.5 Å². The van der Waals surface area contributed by atoms with Gasteiger partial charge in [0.05, 0.1) is 0 Å². The largest absolute Gasteiger partial charge is 0.421 e. The van der Waals surface area contributed by atoms with E-state index in [0.717, 1.165) is 31.5 Å². The molecule has 1 N–H and O–H groups in total. The molecule has 7 heteroatoms. The second-order valence-electron chi connectivity index (χ2n) is 7.12. The normalized spacial score (nSPS) is 14.5. The first-order valence-corrected chi connectivity index (χ1v) is 10.1. The van der Waals surface area contributed by atoms with Crippen molar-refractivity contribution in [2.45, 2.75) is 51.4 Å². The number of hydrogen-bond donors (Lipinski definition) is 1. The molecule has 7 nitrogen and oxygen atoms in total. The van der Waals surface area contributed by atoms with Gasteiger partial charge in [0.25, 0.3) is 0 Å². The van der Waals surface area contributed by atoms with Crippen molar-refractivity contribution in [3.63, 3.8) is 0 Å². The van der Waals surface area contributed by atoms with E-state index in [1.807, 2.05) is 35.2 Å². The summed E-state index contributed by atoms with van der Waals surface area (Å²) in [6.45, 7) is 2.09. The molecule has 0 saturated carbocycles. The molecule has 0 unspecified atom stereocenters. The van der Waals surface area contributed by atoms with Crippen LogP contribution in [0.1, 0.15) is 50.8 Å². The van der Waals surface area contributed by atoms with Gasteiger partial charge >= 0.3 is 0 Å². The summed E-state index contributed by atoms with van der Waals surface area (Å²) in [7, 11) is 0. The number of nitrogens with one attached hydrogen (secondary N) is 1. The maximum absolute atomic E-state index is 12.2. The molecule has 0 bridgehead atoms. The SMILES string of the molecule is O=C(CCCc1nnc(-c2ccccc2)o1)NCCC(=O)N1CCCCCC1. The Morgan fingerprint density at radius 1 is 1.00 bits per heavy atom. The molecule has 1 aromatic carbocycles. The van der Waals surface area contributed by atoms with Gasteiger partial charge in [-0.15, -0.1) is 10.2 Å². The molecule has 2 amide bonds. The molecular weight excluding hydrogens is 356 g/mol. The Kier molecular flexibility index (Phi) is 7.58. The van der Waals surface area contributed by atoms with Gasteiger partial charge in [0, 0.05) is 44.5 Å². The first kappa shape index (κ1) is 20.0. The van der Waals surface area contributed by atoms with Crippen molar-refractivity contribution in [1.82, 2.24) is 20.4 Å². The molecule has 2 aromatic rings. The quantitative estimate of drug-likeness (QED) is 0.756. The number of amides is 2. The molecule has 0 aliphatic carbocycles. The van der Waals surface area contributed by atoms with Gasteiger partial charge in [0.1, 0.15) is 0 Å². The van der Waals surface area contributed by atoms with Crippen molar-refractivity contribution in [3.8, 4) is 11.5 Å². The fraction of sp³-hybridized carbons (Fsp3) is 0.524. The average Bonchev–Trinajstić information content (AvgIpc) is 3.01. The van der Waals surface area contributed by atoms with E-state index in [0.29, 0.717) is 44.0 Å². The van der Waals surface area contributed by atoms with E-state index in [9.17, 15) is 9.59 Å². The van der Waals surface area contributed by atoms with Crippen LogP contribution in [0.15, 0.2) is 34.7 Å². The molecule has 1 aliphatic rings. The van der Waals surface area contributed by atoms with Gasteiger partial charge in [-0.05, 0) is 31.4 Å². The van der Waals surface area contributed by atoms with E-state index in [4.69, 9.17) is 4.42 Å². The fourth-order valence-corrected chi connectivity index (χ4v) is 3.33. The highest BCUT2D eigenvalue weighted by Gasteiger charge is 2.15. The summed E-state index contributed by atoms with van der Waals surface area (Å²) >= 11 is 0. The fourth-order valence-electron chi connectivity index (χ4n) is 3.33. The third-order valence-corrected chi connectivity index (χ3v) is 4.90. The van der Waals surface area contributed by atoms with E-state index in [2.05, 4.69) is 15.5 Å². The highest BCUT2D eigenvalue weighted by molar-refractivity contribution is 5.79. The molecule has 3 rings (SSSR count). The number of likely N-dealkylation sites (tertiary alicyclic amines) is 1. The molecule has 1 aliphatic heterocycles. The molecule has 0 radical (unpaired) electrons. The molecule has 1 saturated heterocycles. The van der Waals surface area contributed by atoms with E-state index < -0.39 is 0 Å². The van der Waals surface area contributed by atoms with Gasteiger partial charge in [0.2, 0.25) is 23.6 Å². The van der Waals surface area contributed by atoms with Crippen LogP contribution in [0.4, 0.5) is 0 Å². The van der Waals surface area contributed by atoms with Gasteiger partial charge in [-0.1, -0.05) is 31.0 Å². The summed E-state index contributed by atoms with van der Waals surface area (Å²) in [4.78, 5) is 26.1. The Hall–Kier alpha value is -2.70. The topological polar surface area (TPSA) is 88.3 Å². The number of carbonyl (C=O) groups is 2. The van der Waals surface area contributed by atoms with Crippen molar-refractivity contribution in [1.29, 1.82) is 0 Å². The molecule has 1 aromatic heterocycles. The minimum atomic E-state index is -0.0496. The summed E-state index contributed by atoms with van der Waals surface area (Å²) in [5.41, 5.74) is 0.882. The number of hydrogen-bond acceptors (Lipinski definition) is 5. The zero-order valence-corrected chi connectivity index (χ0v) is 16.2. The summed E-state index contributed by atoms with van der Waals surface area (Å²) in [5.74, 6) is 1.11. The Labute approximate surface area is 165 Å². The summed E-state index contributed by atoms with van der Waals surface area (Å²) < 4.78 is 5.64. The Morgan fingerprint density at radius 3 is 2.50 bits per heavy atom. The van der Waals surface area contributed by atoms with Crippen LogP contribution in [-0.2, 0) is 16.0 Å². The number of aryl methyl sites for hydroxylation is 1. The van der Waals surface area contributed by atoms with Gasteiger partial charge in [-0.2, -0.15) is 0 Å². The minimum Gasteiger partial charge on any atom is -0.421 e. The second-order valence-corrected chi connectivity index (χ2v) is 7.12. The summed E-state index contributed by atoms with van der Waals surface area (Å²) in [6, 6.07) is 9.60. The predicted octanol–water partition coefficient (Wildman–Crippen LogP) is 2.97. The standard InChI is InChI=1S/C21H28N4O3/c26-18(22-14-13-20(27)25-15-6-1-2-7-16-25)11-8-12-19-23-24-21(28-19)17-9-4-3-5-10-17/h3-5,9-10H,1-2,6-8,11-16H2,(H,22,26). The van der Waals surface area contributed by atoms with Crippen molar-refractivity contribution in [2.75, 3.05) is 19.6 Å². The molecule has 0 atom stereocenters. The monoisotopic (exact) mass is 384 g/mol. The highest BCUT2D eigenvalue weighted by atomic mass is 16.4. The smallest absolute Gasteiger partial charge is 0.247 e. The third-order valence-electron chi connectivity index (χ3n) is 4.90. The van der Waals surface area contributed by atoms with Gasteiger partial charge in [-0.3, -0.25) is 9.59 Å². The first-order chi connectivity index (χ1) is 13.7. The van der Waals surface area contributed by atoms with Gasteiger partial charge in [0.15, 0.2) is 0 Å².